The molecule has 1 amide bonds. The number of carbonyl (C=O) groups is 1. The van der Waals surface area contributed by atoms with Gasteiger partial charge in [0.25, 0.3) is 0 Å². The molecule has 1 aromatic rings. The highest BCUT2D eigenvalue weighted by molar-refractivity contribution is 5.70. The van der Waals surface area contributed by atoms with Crippen molar-refractivity contribution >= 4 is 6.09 Å². The average molecular weight is 278 g/mol. The summed E-state index contributed by atoms with van der Waals surface area (Å²) in [5, 5.41) is 4.13. The first-order chi connectivity index (χ1) is 9.37. The van der Waals surface area contributed by atoms with E-state index in [1.165, 1.54) is 0 Å². The number of aryl methyl sites for hydroxylation is 1. The van der Waals surface area contributed by atoms with Crippen LogP contribution in [0.1, 0.15) is 57.2 Å². The molecule has 2 fully saturated rings. The molecule has 0 saturated carbocycles. The van der Waals surface area contributed by atoms with Gasteiger partial charge in [-0.25, -0.2) is 4.79 Å². The molecule has 3 unspecified atom stereocenters. The minimum atomic E-state index is -0.446. The second kappa shape index (κ2) is 4.50. The Morgan fingerprint density at radius 3 is 2.80 bits per heavy atom. The zero-order valence-corrected chi connectivity index (χ0v) is 12.5. The number of hydrogen-bond donors (Lipinski definition) is 0. The molecule has 5 heteroatoms. The van der Waals surface area contributed by atoms with E-state index in [0.29, 0.717) is 5.92 Å². The minimum Gasteiger partial charge on any atom is -0.444 e. The van der Waals surface area contributed by atoms with Crippen LogP contribution in [0.25, 0.3) is 0 Å². The molecular weight excluding hydrogens is 256 g/mol. The number of hydrogen-bond acceptors (Lipinski definition) is 4. The van der Waals surface area contributed by atoms with E-state index < -0.39 is 5.60 Å². The van der Waals surface area contributed by atoms with E-state index in [0.717, 1.165) is 30.5 Å². The van der Waals surface area contributed by atoms with Gasteiger partial charge in [-0.05, 0) is 47.0 Å². The molecule has 0 spiro atoms. The highest BCUT2D eigenvalue weighted by atomic mass is 16.6. The summed E-state index contributed by atoms with van der Waals surface area (Å²) in [5.41, 5.74) is 1.63. The molecular formula is C15H22N2O3. The molecule has 2 aliphatic rings. The van der Waals surface area contributed by atoms with Crippen molar-refractivity contribution in [1.29, 1.82) is 0 Å². The SMILES string of the molecule is Cc1conc1C1CC2CCC1N2C(=O)OC(C)(C)C. The first-order valence-electron chi connectivity index (χ1n) is 7.29. The van der Waals surface area contributed by atoms with Crippen molar-refractivity contribution in [2.45, 2.75) is 70.6 Å². The fourth-order valence-electron chi connectivity index (χ4n) is 3.54. The van der Waals surface area contributed by atoms with E-state index in [2.05, 4.69) is 5.16 Å². The van der Waals surface area contributed by atoms with Crippen LogP contribution in [0.5, 0.6) is 0 Å². The maximum atomic E-state index is 12.4. The van der Waals surface area contributed by atoms with Gasteiger partial charge in [-0.2, -0.15) is 0 Å². The second-order valence-corrected chi connectivity index (χ2v) is 6.91. The monoisotopic (exact) mass is 278 g/mol. The molecule has 0 aromatic carbocycles. The molecule has 110 valence electrons. The lowest BCUT2D eigenvalue weighted by atomic mass is 9.86. The third-order valence-electron chi connectivity index (χ3n) is 4.28. The van der Waals surface area contributed by atoms with Crippen LogP contribution >= 0.6 is 0 Å². The zero-order valence-electron chi connectivity index (χ0n) is 12.5. The van der Waals surface area contributed by atoms with Gasteiger partial charge in [-0.1, -0.05) is 5.16 Å². The largest absolute Gasteiger partial charge is 0.444 e. The maximum absolute atomic E-state index is 12.4. The van der Waals surface area contributed by atoms with Crippen molar-refractivity contribution in [3.63, 3.8) is 0 Å². The second-order valence-electron chi connectivity index (χ2n) is 6.91. The van der Waals surface area contributed by atoms with Crippen molar-refractivity contribution in [3.05, 3.63) is 17.5 Å². The van der Waals surface area contributed by atoms with E-state index >= 15 is 0 Å². The minimum absolute atomic E-state index is 0.186. The van der Waals surface area contributed by atoms with Crippen molar-refractivity contribution in [3.8, 4) is 0 Å². The van der Waals surface area contributed by atoms with Crippen molar-refractivity contribution in [1.82, 2.24) is 10.1 Å². The molecule has 2 bridgehead atoms. The van der Waals surface area contributed by atoms with Gasteiger partial charge < -0.3 is 14.2 Å². The fourth-order valence-corrected chi connectivity index (χ4v) is 3.54. The van der Waals surface area contributed by atoms with Crippen LogP contribution in [0.4, 0.5) is 4.79 Å². The molecule has 3 rings (SSSR count). The van der Waals surface area contributed by atoms with Gasteiger partial charge in [0.2, 0.25) is 0 Å². The van der Waals surface area contributed by atoms with Crippen LogP contribution < -0.4 is 0 Å². The van der Waals surface area contributed by atoms with Crippen LogP contribution in [0, 0.1) is 6.92 Å². The lowest BCUT2D eigenvalue weighted by Gasteiger charge is -2.28. The third-order valence-corrected chi connectivity index (χ3v) is 4.28. The molecule has 2 aliphatic heterocycles. The molecule has 0 aliphatic carbocycles. The van der Waals surface area contributed by atoms with E-state index in [1.807, 2.05) is 32.6 Å². The van der Waals surface area contributed by atoms with Crippen LogP contribution in [0.15, 0.2) is 10.8 Å². The Bertz CT molecular complexity index is 517. The van der Waals surface area contributed by atoms with Gasteiger partial charge in [0.1, 0.15) is 11.9 Å². The van der Waals surface area contributed by atoms with E-state index in [1.54, 1.807) is 6.26 Å². The molecule has 1 aromatic heterocycles. The maximum Gasteiger partial charge on any atom is 0.410 e. The number of fused-ring (bicyclic) bond motifs is 2. The number of carbonyl (C=O) groups excluding carboxylic acids is 1. The predicted molar refractivity (Wildman–Crippen MR) is 73.5 cm³/mol. The van der Waals surface area contributed by atoms with Crippen molar-refractivity contribution < 1.29 is 14.1 Å². The van der Waals surface area contributed by atoms with Gasteiger partial charge in [0.05, 0.1) is 5.69 Å². The van der Waals surface area contributed by atoms with Gasteiger partial charge in [-0.3, -0.25) is 0 Å². The normalized spacial score (nSPS) is 29.0. The van der Waals surface area contributed by atoms with Gasteiger partial charge in [-0.15, -0.1) is 0 Å². The van der Waals surface area contributed by atoms with Crippen LogP contribution in [0.2, 0.25) is 0 Å². The lowest BCUT2D eigenvalue weighted by Crippen LogP contribution is -2.40. The summed E-state index contributed by atoms with van der Waals surface area (Å²) in [6.45, 7) is 7.72. The third kappa shape index (κ3) is 2.19. The van der Waals surface area contributed by atoms with E-state index in [9.17, 15) is 4.79 Å². The molecule has 2 saturated heterocycles. The Morgan fingerprint density at radius 2 is 2.20 bits per heavy atom. The van der Waals surface area contributed by atoms with E-state index in [-0.39, 0.29) is 18.2 Å². The Balaban J connectivity index is 1.79. The van der Waals surface area contributed by atoms with Gasteiger partial charge in [0, 0.05) is 23.6 Å². The first-order valence-corrected chi connectivity index (χ1v) is 7.29. The Kier molecular flexibility index (Phi) is 3.03. The van der Waals surface area contributed by atoms with Gasteiger partial charge >= 0.3 is 6.09 Å². The van der Waals surface area contributed by atoms with Crippen LogP contribution in [-0.2, 0) is 4.74 Å². The summed E-state index contributed by atoms with van der Waals surface area (Å²) < 4.78 is 10.6. The van der Waals surface area contributed by atoms with E-state index in [4.69, 9.17) is 9.26 Å². The van der Waals surface area contributed by atoms with Crippen LogP contribution in [-0.4, -0.2) is 33.8 Å². The van der Waals surface area contributed by atoms with Crippen molar-refractivity contribution in [2.75, 3.05) is 0 Å². The summed E-state index contributed by atoms with van der Waals surface area (Å²) >= 11 is 0. The highest BCUT2D eigenvalue weighted by Gasteiger charge is 2.51. The summed E-state index contributed by atoms with van der Waals surface area (Å²) in [4.78, 5) is 14.3. The Labute approximate surface area is 119 Å². The highest BCUT2D eigenvalue weighted by Crippen LogP contribution is 2.47. The summed E-state index contributed by atoms with van der Waals surface area (Å²) in [6.07, 6.45) is 4.56. The first kappa shape index (κ1) is 13.5. The zero-order chi connectivity index (χ0) is 14.5. The summed E-state index contributed by atoms with van der Waals surface area (Å²) in [7, 11) is 0. The predicted octanol–water partition coefficient (Wildman–Crippen LogP) is 3.24. The molecule has 5 nitrogen and oxygen atoms in total. The summed E-state index contributed by atoms with van der Waals surface area (Å²) in [5.74, 6) is 0.292. The topological polar surface area (TPSA) is 55.6 Å². The Hall–Kier alpha value is -1.52. The number of aromatic nitrogens is 1. The number of nitrogens with zero attached hydrogens (tertiary/aromatic N) is 2. The lowest BCUT2D eigenvalue weighted by molar-refractivity contribution is 0.0212. The van der Waals surface area contributed by atoms with Crippen molar-refractivity contribution in [2.24, 2.45) is 0 Å². The molecule has 3 atom stereocenters. The Morgan fingerprint density at radius 1 is 1.45 bits per heavy atom. The standard InChI is InChI=1S/C15H22N2O3/c1-9-8-19-16-13(9)11-7-10-5-6-12(11)17(10)14(18)20-15(2,3)4/h8,10-12H,5-7H2,1-4H3. The molecule has 0 N–H and O–H groups in total. The van der Waals surface area contributed by atoms with Crippen LogP contribution in [0.3, 0.4) is 0 Å². The summed E-state index contributed by atoms with van der Waals surface area (Å²) in [6, 6.07) is 0.495. The smallest absolute Gasteiger partial charge is 0.410 e. The van der Waals surface area contributed by atoms with Gasteiger partial charge in [0.15, 0.2) is 0 Å². The number of ether oxygens (including phenoxy) is 1. The number of amides is 1. The quantitative estimate of drug-likeness (QED) is 0.791. The fraction of sp³-hybridized carbons (Fsp3) is 0.733. The number of rotatable bonds is 1. The average Bonchev–Trinajstić information content (AvgIpc) is 2.99. The molecule has 0 radical (unpaired) electrons. The molecule has 3 heterocycles. The molecule has 20 heavy (non-hydrogen) atoms.